The van der Waals surface area contributed by atoms with Crippen LogP contribution in [0.3, 0.4) is 0 Å². The molecule has 1 aromatic rings. The van der Waals surface area contributed by atoms with E-state index in [0.29, 0.717) is 17.7 Å². The molecule has 2 fully saturated rings. The first-order chi connectivity index (χ1) is 10.3. The van der Waals surface area contributed by atoms with Gasteiger partial charge in [-0.1, -0.05) is 11.6 Å². The van der Waals surface area contributed by atoms with E-state index in [1.54, 1.807) is 12.3 Å². The maximum absolute atomic E-state index is 8.74. The van der Waals surface area contributed by atoms with Gasteiger partial charge >= 0.3 is 0 Å². The molecule has 3 heterocycles. The monoisotopic (exact) mass is 290 g/mol. The average molecular weight is 290 g/mol. The summed E-state index contributed by atoms with van der Waals surface area (Å²) in [4.78, 5) is 13.5. The van der Waals surface area contributed by atoms with Gasteiger partial charge in [0.15, 0.2) is 5.84 Å². The van der Waals surface area contributed by atoms with E-state index in [2.05, 4.69) is 24.9 Å². The summed E-state index contributed by atoms with van der Waals surface area (Å²) >= 11 is 0. The Morgan fingerprint density at radius 1 is 1.29 bits per heavy atom. The van der Waals surface area contributed by atoms with E-state index < -0.39 is 0 Å². The molecule has 0 radical (unpaired) electrons. The van der Waals surface area contributed by atoms with Crippen molar-refractivity contribution in [2.24, 2.45) is 10.9 Å². The lowest BCUT2D eigenvalue weighted by molar-refractivity contribution is 0.174. The van der Waals surface area contributed by atoms with Gasteiger partial charge in [-0.2, -0.15) is 0 Å². The van der Waals surface area contributed by atoms with Crippen LogP contribution in [-0.4, -0.2) is 58.1 Å². The highest BCUT2D eigenvalue weighted by molar-refractivity contribution is 5.95. The summed E-state index contributed by atoms with van der Waals surface area (Å²) in [6.45, 7) is 4.34. The Labute approximate surface area is 124 Å². The fraction of sp³-hybridized carbons (Fsp3) is 0.643. The van der Waals surface area contributed by atoms with Crippen LogP contribution in [0.1, 0.15) is 31.4 Å². The van der Waals surface area contributed by atoms with E-state index in [-0.39, 0.29) is 5.84 Å². The Balaban J connectivity index is 1.68. The number of piperidine rings is 1. The molecule has 0 aromatic carbocycles. The molecule has 0 saturated carbocycles. The summed E-state index contributed by atoms with van der Waals surface area (Å²) in [7, 11) is 0. The topological polar surface area (TPSA) is 90.9 Å². The second-order valence-electron chi connectivity index (χ2n) is 5.71. The summed E-state index contributed by atoms with van der Waals surface area (Å²) in [5, 5.41) is 11.7. The van der Waals surface area contributed by atoms with Crippen LogP contribution < -0.4 is 10.6 Å². The van der Waals surface area contributed by atoms with Crippen LogP contribution in [0.15, 0.2) is 17.4 Å². The fourth-order valence-corrected chi connectivity index (χ4v) is 3.20. The van der Waals surface area contributed by atoms with Crippen molar-refractivity contribution in [2.75, 3.05) is 31.1 Å². The molecule has 7 nitrogen and oxygen atoms in total. The molecule has 0 bridgehead atoms. The normalized spacial score (nSPS) is 24.5. The third-order valence-electron chi connectivity index (χ3n) is 4.37. The highest BCUT2D eigenvalue weighted by atomic mass is 16.4. The Hall–Kier alpha value is -1.89. The van der Waals surface area contributed by atoms with Crippen LogP contribution in [0.5, 0.6) is 0 Å². The molecule has 1 unspecified atom stereocenters. The lowest BCUT2D eigenvalue weighted by atomic mass is 10.1. The standard InChI is InChI=1S/C14H22N6O/c15-13(18-21)12-4-6-16-14(17-12)20-9-5-11(10-20)19-7-2-1-3-8-19/h4,6,11,21H,1-3,5,7-10H2,(H2,15,18). The number of oxime groups is 1. The maximum atomic E-state index is 8.74. The van der Waals surface area contributed by atoms with Crippen LogP contribution in [0.25, 0.3) is 0 Å². The van der Waals surface area contributed by atoms with Crippen molar-refractivity contribution in [3.05, 3.63) is 18.0 Å². The second kappa shape index (κ2) is 6.26. The van der Waals surface area contributed by atoms with Crippen molar-refractivity contribution in [3.8, 4) is 0 Å². The van der Waals surface area contributed by atoms with E-state index in [1.807, 2.05) is 0 Å². The number of aromatic nitrogens is 2. The maximum Gasteiger partial charge on any atom is 0.226 e. The highest BCUT2D eigenvalue weighted by Crippen LogP contribution is 2.22. The van der Waals surface area contributed by atoms with Gasteiger partial charge in [0.05, 0.1) is 0 Å². The zero-order valence-corrected chi connectivity index (χ0v) is 12.1. The van der Waals surface area contributed by atoms with Crippen molar-refractivity contribution >= 4 is 11.8 Å². The Morgan fingerprint density at radius 2 is 2.10 bits per heavy atom. The minimum absolute atomic E-state index is 0.0189. The number of hydrogen-bond donors (Lipinski definition) is 2. The van der Waals surface area contributed by atoms with Crippen molar-refractivity contribution in [2.45, 2.75) is 31.7 Å². The quantitative estimate of drug-likeness (QED) is 0.367. The largest absolute Gasteiger partial charge is 0.409 e. The lowest BCUT2D eigenvalue weighted by Crippen LogP contribution is -2.41. The predicted molar refractivity (Wildman–Crippen MR) is 80.6 cm³/mol. The Morgan fingerprint density at radius 3 is 2.86 bits per heavy atom. The van der Waals surface area contributed by atoms with Gasteiger partial charge in [-0.05, 0) is 38.4 Å². The van der Waals surface area contributed by atoms with Gasteiger partial charge in [0.1, 0.15) is 5.69 Å². The smallest absolute Gasteiger partial charge is 0.226 e. The van der Waals surface area contributed by atoms with Gasteiger partial charge in [0.2, 0.25) is 5.95 Å². The van der Waals surface area contributed by atoms with Crippen LogP contribution in [-0.2, 0) is 0 Å². The minimum atomic E-state index is 0.0189. The van der Waals surface area contributed by atoms with Gasteiger partial charge in [-0.25, -0.2) is 9.97 Å². The summed E-state index contributed by atoms with van der Waals surface area (Å²) in [5.41, 5.74) is 6.05. The van der Waals surface area contributed by atoms with Gasteiger partial charge < -0.3 is 15.8 Å². The molecule has 1 aromatic heterocycles. The van der Waals surface area contributed by atoms with Gasteiger partial charge in [0.25, 0.3) is 0 Å². The first kappa shape index (κ1) is 14.1. The number of amidine groups is 1. The number of nitrogens with two attached hydrogens (primary N) is 1. The fourth-order valence-electron chi connectivity index (χ4n) is 3.20. The molecule has 21 heavy (non-hydrogen) atoms. The van der Waals surface area contributed by atoms with Crippen LogP contribution in [0, 0.1) is 0 Å². The van der Waals surface area contributed by atoms with E-state index in [9.17, 15) is 0 Å². The molecule has 3 N–H and O–H groups in total. The third kappa shape index (κ3) is 3.07. The predicted octanol–water partition coefficient (Wildman–Crippen LogP) is 0.636. The molecule has 3 rings (SSSR count). The summed E-state index contributed by atoms with van der Waals surface area (Å²) < 4.78 is 0. The van der Waals surface area contributed by atoms with Crippen molar-refractivity contribution in [3.63, 3.8) is 0 Å². The van der Waals surface area contributed by atoms with Crippen molar-refractivity contribution < 1.29 is 5.21 Å². The molecule has 2 aliphatic rings. The minimum Gasteiger partial charge on any atom is -0.409 e. The number of likely N-dealkylation sites (tertiary alicyclic amines) is 1. The van der Waals surface area contributed by atoms with Crippen LogP contribution in [0.4, 0.5) is 5.95 Å². The third-order valence-corrected chi connectivity index (χ3v) is 4.37. The Bertz CT molecular complexity index is 514. The first-order valence-electron chi connectivity index (χ1n) is 7.58. The molecule has 7 heteroatoms. The molecule has 114 valence electrons. The lowest BCUT2D eigenvalue weighted by Gasteiger charge is -2.32. The number of nitrogens with zero attached hydrogens (tertiary/aromatic N) is 5. The van der Waals surface area contributed by atoms with E-state index in [4.69, 9.17) is 10.9 Å². The molecular weight excluding hydrogens is 268 g/mol. The SMILES string of the molecule is N/C(=N/O)c1ccnc(N2CCC(N3CCCCC3)C2)n1. The van der Waals surface area contributed by atoms with E-state index in [1.165, 1.54) is 32.4 Å². The number of rotatable bonds is 3. The highest BCUT2D eigenvalue weighted by Gasteiger charge is 2.29. The van der Waals surface area contributed by atoms with E-state index >= 15 is 0 Å². The molecule has 1 atom stereocenters. The summed E-state index contributed by atoms with van der Waals surface area (Å²) in [5.74, 6) is 0.684. The first-order valence-corrected chi connectivity index (χ1v) is 7.58. The van der Waals surface area contributed by atoms with Crippen LogP contribution in [0.2, 0.25) is 0 Å². The molecule has 0 spiro atoms. The summed E-state index contributed by atoms with van der Waals surface area (Å²) in [6.07, 6.45) is 6.79. The zero-order valence-electron chi connectivity index (χ0n) is 12.1. The molecule has 0 aliphatic carbocycles. The van der Waals surface area contributed by atoms with Gasteiger partial charge in [-0.3, -0.25) is 4.90 Å². The Kier molecular flexibility index (Phi) is 4.19. The van der Waals surface area contributed by atoms with Crippen molar-refractivity contribution in [1.82, 2.24) is 14.9 Å². The van der Waals surface area contributed by atoms with Gasteiger partial charge in [0, 0.05) is 25.3 Å². The average Bonchev–Trinajstić information content (AvgIpc) is 3.05. The second-order valence-corrected chi connectivity index (χ2v) is 5.71. The van der Waals surface area contributed by atoms with Crippen LogP contribution >= 0.6 is 0 Å². The van der Waals surface area contributed by atoms with E-state index in [0.717, 1.165) is 19.5 Å². The molecule has 2 saturated heterocycles. The van der Waals surface area contributed by atoms with Gasteiger partial charge in [-0.15, -0.1) is 0 Å². The zero-order chi connectivity index (χ0) is 14.7. The number of anilines is 1. The molecular formula is C14H22N6O. The summed E-state index contributed by atoms with van der Waals surface area (Å²) in [6, 6.07) is 2.25. The molecule has 0 amide bonds. The van der Waals surface area contributed by atoms with Crippen molar-refractivity contribution in [1.29, 1.82) is 0 Å². The number of hydrogen-bond acceptors (Lipinski definition) is 6. The molecule has 2 aliphatic heterocycles.